The fraction of sp³-hybridized carbons (Fsp3) is 0.667. The van der Waals surface area contributed by atoms with Crippen LogP contribution in [0, 0.1) is 5.41 Å². The maximum atomic E-state index is 11.8. The van der Waals surface area contributed by atoms with Crippen LogP contribution in [0.2, 0.25) is 0 Å². The largest absolute Gasteiger partial charge is 0.380 e. The number of amides is 1. The molecule has 1 amide bonds. The van der Waals surface area contributed by atoms with Crippen LogP contribution >= 0.6 is 0 Å². The van der Waals surface area contributed by atoms with Gasteiger partial charge in [0, 0.05) is 31.3 Å². The van der Waals surface area contributed by atoms with Crippen molar-refractivity contribution in [1.82, 2.24) is 14.7 Å². The highest BCUT2D eigenvalue weighted by atomic mass is 16.5. The minimum absolute atomic E-state index is 0.0416. The molecule has 2 heterocycles. The lowest BCUT2D eigenvalue weighted by molar-refractivity contribution is -0.124. The van der Waals surface area contributed by atoms with E-state index in [1.807, 2.05) is 19.0 Å². The van der Waals surface area contributed by atoms with E-state index in [4.69, 9.17) is 4.74 Å². The molecule has 1 aromatic rings. The summed E-state index contributed by atoms with van der Waals surface area (Å²) in [6.07, 6.45) is 1.80. The molecule has 0 bridgehead atoms. The molecule has 6 heteroatoms. The molecule has 1 fully saturated rings. The van der Waals surface area contributed by atoms with E-state index < -0.39 is 0 Å². The van der Waals surface area contributed by atoms with Crippen molar-refractivity contribution in [2.45, 2.75) is 6.92 Å². The summed E-state index contributed by atoms with van der Waals surface area (Å²) in [5.74, 6) is 0.550. The highest BCUT2D eigenvalue weighted by Crippen LogP contribution is 2.26. The van der Waals surface area contributed by atoms with Crippen molar-refractivity contribution >= 4 is 11.7 Å². The second-order valence-electron chi connectivity index (χ2n) is 5.40. The van der Waals surface area contributed by atoms with Gasteiger partial charge in [-0.1, -0.05) is 6.92 Å². The molecule has 18 heavy (non-hydrogen) atoms. The Morgan fingerprint density at radius 1 is 1.67 bits per heavy atom. The third-order valence-electron chi connectivity index (χ3n) is 2.95. The third kappa shape index (κ3) is 3.30. The maximum absolute atomic E-state index is 11.8. The summed E-state index contributed by atoms with van der Waals surface area (Å²) < 4.78 is 6.86. The lowest BCUT2D eigenvalue weighted by atomic mass is 9.88. The number of likely N-dealkylation sites (N-methyl/N-ethyl adjacent to an activating group) is 1. The summed E-state index contributed by atoms with van der Waals surface area (Å²) in [6.45, 7) is 4.96. The van der Waals surface area contributed by atoms with Crippen LogP contribution in [0.4, 0.5) is 5.82 Å². The predicted octanol–water partition coefficient (Wildman–Crippen LogP) is 0.327. The second kappa shape index (κ2) is 5.07. The fourth-order valence-electron chi connectivity index (χ4n) is 2.16. The van der Waals surface area contributed by atoms with Gasteiger partial charge in [-0.25, -0.2) is 0 Å². The molecule has 0 atom stereocenters. The van der Waals surface area contributed by atoms with Crippen LogP contribution in [0.15, 0.2) is 12.3 Å². The Morgan fingerprint density at radius 3 is 2.89 bits per heavy atom. The summed E-state index contributed by atoms with van der Waals surface area (Å²) in [4.78, 5) is 13.8. The molecule has 0 spiro atoms. The predicted molar refractivity (Wildman–Crippen MR) is 68.3 cm³/mol. The van der Waals surface area contributed by atoms with E-state index in [1.54, 1.807) is 16.9 Å². The van der Waals surface area contributed by atoms with Gasteiger partial charge in [0.15, 0.2) is 5.82 Å². The molecule has 0 radical (unpaired) electrons. The van der Waals surface area contributed by atoms with E-state index in [1.165, 1.54) is 0 Å². The number of ether oxygens (including phenoxy) is 1. The molecule has 1 aliphatic rings. The number of carbonyl (C=O) groups excluding carboxylic acids is 1. The van der Waals surface area contributed by atoms with E-state index >= 15 is 0 Å². The number of nitrogens with zero attached hydrogens (tertiary/aromatic N) is 3. The molecule has 0 unspecified atom stereocenters. The lowest BCUT2D eigenvalue weighted by Gasteiger charge is -2.40. The molecule has 1 aliphatic heterocycles. The highest BCUT2D eigenvalue weighted by Gasteiger charge is 2.34. The first-order valence-corrected chi connectivity index (χ1v) is 6.03. The topological polar surface area (TPSA) is 59.4 Å². The van der Waals surface area contributed by atoms with Gasteiger partial charge in [-0.3, -0.25) is 14.4 Å². The van der Waals surface area contributed by atoms with Gasteiger partial charge in [-0.2, -0.15) is 5.10 Å². The van der Waals surface area contributed by atoms with Crippen molar-refractivity contribution in [3.63, 3.8) is 0 Å². The van der Waals surface area contributed by atoms with Gasteiger partial charge in [0.2, 0.25) is 5.91 Å². The van der Waals surface area contributed by atoms with Gasteiger partial charge < -0.3 is 10.1 Å². The Hall–Kier alpha value is -1.40. The van der Waals surface area contributed by atoms with Gasteiger partial charge in [0.1, 0.15) is 0 Å². The van der Waals surface area contributed by atoms with Crippen molar-refractivity contribution in [2.75, 3.05) is 38.7 Å². The van der Waals surface area contributed by atoms with Crippen molar-refractivity contribution in [1.29, 1.82) is 0 Å². The Labute approximate surface area is 107 Å². The van der Waals surface area contributed by atoms with Crippen LogP contribution < -0.4 is 5.32 Å². The first kappa shape index (κ1) is 13.0. The number of aryl methyl sites for hydroxylation is 1. The average Bonchev–Trinajstić information content (AvgIpc) is 2.61. The van der Waals surface area contributed by atoms with E-state index in [9.17, 15) is 4.79 Å². The fourth-order valence-corrected chi connectivity index (χ4v) is 2.16. The van der Waals surface area contributed by atoms with Crippen LogP contribution in [0.1, 0.15) is 6.92 Å². The van der Waals surface area contributed by atoms with E-state index in [0.717, 1.165) is 19.8 Å². The first-order valence-electron chi connectivity index (χ1n) is 6.03. The lowest BCUT2D eigenvalue weighted by Crippen LogP contribution is -2.49. The monoisotopic (exact) mass is 252 g/mol. The summed E-state index contributed by atoms with van der Waals surface area (Å²) in [6, 6.07) is 1.78. The van der Waals surface area contributed by atoms with Gasteiger partial charge >= 0.3 is 0 Å². The van der Waals surface area contributed by atoms with E-state index in [0.29, 0.717) is 12.4 Å². The maximum Gasteiger partial charge on any atom is 0.239 e. The smallest absolute Gasteiger partial charge is 0.239 e. The number of carbonyl (C=O) groups is 1. The minimum Gasteiger partial charge on any atom is -0.380 e. The van der Waals surface area contributed by atoms with Gasteiger partial charge in [-0.05, 0) is 7.05 Å². The standard InChI is InChI=1S/C12H20N4O2/c1-12(8-18-9-12)7-15(2)6-11(17)13-10-4-5-16(3)14-10/h4-5H,6-9H2,1-3H3,(H,13,14,17). The number of nitrogens with one attached hydrogen (secondary N) is 1. The number of hydrogen-bond acceptors (Lipinski definition) is 4. The first-order chi connectivity index (χ1) is 8.47. The summed E-state index contributed by atoms with van der Waals surface area (Å²) in [5.41, 5.74) is 0.194. The molecule has 0 aliphatic carbocycles. The SMILES string of the molecule is CN(CC(=O)Nc1ccn(C)n1)CC1(C)COC1. The van der Waals surface area contributed by atoms with Crippen LogP contribution in [0.3, 0.4) is 0 Å². The Morgan fingerprint density at radius 2 is 2.39 bits per heavy atom. The van der Waals surface area contributed by atoms with Gasteiger partial charge in [0.25, 0.3) is 0 Å². The molecule has 6 nitrogen and oxygen atoms in total. The molecule has 100 valence electrons. The Balaban J connectivity index is 1.76. The molecule has 2 rings (SSSR count). The van der Waals surface area contributed by atoms with Crippen LogP contribution in [0.25, 0.3) is 0 Å². The number of aromatic nitrogens is 2. The van der Waals surface area contributed by atoms with Crippen LogP contribution in [-0.4, -0.2) is 53.9 Å². The molecule has 1 aromatic heterocycles. The zero-order valence-corrected chi connectivity index (χ0v) is 11.1. The number of rotatable bonds is 5. The molecule has 1 N–H and O–H groups in total. The number of hydrogen-bond donors (Lipinski definition) is 1. The minimum atomic E-state index is -0.0416. The van der Waals surface area contributed by atoms with Crippen LogP contribution in [-0.2, 0) is 16.6 Å². The van der Waals surface area contributed by atoms with Crippen molar-refractivity contribution < 1.29 is 9.53 Å². The van der Waals surface area contributed by atoms with Crippen LogP contribution in [0.5, 0.6) is 0 Å². The normalized spacial score (nSPS) is 17.6. The average molecular weight is 252 g/mol. The van der Waals surface area contributed by atoms with Crippen molar-refractivity contribution in [2.24, 2.45) is 12.5 Å². The van der Waals surface area contributed by atoms with E-state index in [2.05, 4.69) is 17.3 Å². The molecule has 0 saturated carbocycles. The molecular weight excluding hydrogens is 232 g/mol. The molecular formula is C12H20N4O2. The Bertz CT molecular complexity index is 425. The van der Waals surface area contributed by atoms with Crippen molar-refractivity contribution in [3.8, 4) is 0 Å². The second-order valence-corrected chi connectivity index (χ2v) is 5.40. The molecule has 0 aromatic carbocycles. The summed E-state index contributed by atoms with van der Waals surface area (Å²) in [7, 11) is 3.76. The van der Waals surface area contributed by atoms with Gasteiger partial charge in [-0.15, -0.1) is 0 Å². The van der Waals surface area contributed by atoms with Crippen molar-refractivity contribution in [3.05, 3.63) is 12.3 Å². The summed E-state index contributed by atoms with van der Waals surface area (Å²) in [5, 5.41) is 6.88. The molecule has 1 saturated heterocycles. The zero-order valence-electron chi connectivity index (χ0n) is 11.1. The third-order valence-corrected chi connectivity index (χ3v) is 2.95. The van der Waals surface area contributed by atoms with E-state index in [-0.39, 0.29) is 11.3 Å². The highest BCUT2D eigenvalue weighted by molar-refractivity contribution is 5.91. The van der Waals surface area contributed by atoms with Gasteiger partial charge in [0.05, 0.1) is 19.8 Å². The quantitative estimate of drug-likeness (QED) is 0.820. The summed E-state index contributed by atoms with van der Waals surface area (Å²) >= 11 is 0. The zero-order chi connectivity index (χ0) is 13.2. The Kier molecular flexibility index (Phi) is 3.68. The number of anilines is 1.